The van der Waals surface area contributed by atoms with Crippen LogP contribution < -0.4 is 10.5 Å². The van der Waals surface area contributed by atoms with Gasteiger partial charge in [0.1, 0.15) is 12.4 Å². The largest absolute Gasteiger partial charge is 0.492 e. The fourth-order valence-corrected chi connectivity index (χ4v) is 2.34. The standard InChI is InChI=1S/C15H24N2O/c1-13(16)14-5-7-15(8-6-14)18-12-11-17-9-3-2-4-10-17/h5-8,13H,2-4,9-12,16H2,1H3/t13-/m0/s1. The van der Waals surface area contributed by atoms with Gasteiger partial charge in [-0.3, -0.25) is 4.90 Å². The van der Waals surface area contributed by atoms with Crippen LogP contribution in [0.2, 0.25) is 0 Å². The van der Waals surface area contributed by atoms with Gasteiger partial charge in [-0.1, -0.05) is 18.6 Å². The van der Waals surface area contributed by atoms with Crippen LogP contribution in [0.25, 0.3) is 0 Å². The Morgan fingerprint density at radius 2 is 1.83 bits per heavy atom. The number of hydrogen-bond donors (Lipinski definition) is 1. The normalized spacial score (nSPS) is 18.6. The van der Waals surface area contributed by atoms with E-state index >= 15 is 0 Å². The van der Waals surface area contributed by atoms with Gasteiger partial charge in [-0.2, -0.15) is 0 Å². The molecule has 100 valence electrons. The Balaban J connectivity index is 1.72. The lowest BCUT2D eigenvalue weighted by Crippen LogP contribution is -2.33. The summed E-state index contributed by atoms with van der Waals surface area (Å²) in [6.07, 6.45) is 4.06. The second-order valence-corrected chi connectivity index (χ2v) is 5.11. The molecule has 3 nitrogen and oxygen atoms in total. The minimum atomic E-state index is 0.0902. The molecule has 3 heteroatoms. The minimum absolute atomic E-state index is 0.0902. The zero-order valence-electron chi connectivity index (χ0n) is 11.3. The van der Waals surface area contributed by atoms with Crippen molar-refractivity contribution in [1.82, 2.24) is 4.90 Å². The number of nitrogens with zero attached hydrogens (tertiary/aromatic N) is 1. The number of nitrogens with two attached hydrogens (primary N) is 1. The van der Waals surface area contributed by atoms with Crippen LogP contribution in [0.1, 0.15) is 37.8 Å². The Hall–Kier alpha value is -1.06. The fraction of sp³-hybridized carbons (Fsp3) is 0.600. The molecule has 1 fully saturated rings. The van der Waals surface area contributed by atoms with Crippen molar-refractivity contribution in [3.05, 3.63) is 29.8 Å². The van der Waals surface area contributed by atoms with E-state index in [1.54, 1.807) is 0 Å². The van der Waals surface area contributed by atoms with E-state index < -0.39 is 0 Å². The molecule has 0 bridgehead atoms. The van der Waals surface area contributed by atoms with Crippen molar-refractivity contribution in [3.8, 4) is 5.75 Å². The van der Waals surface area contributed by atoms with Gasteiger partial charge in [0.2, 0.25) is 0 Å². The number of likely N-dealkylation sites (tertiary alicyclic amines) is 1. The first-order chi connectivity index (χ1) is 8.75. The highest BCUT2D eigenvalue weighted by Gasteiger charge is 2.09. The van der Waals surface area contributed by atoms with Gasteiger partial charge >= 0.3 is 0 Å². The molecule has 1 atom stereocenters. The van der Waals surface area contributed by atoms with E-state index in [4.69, 9.17) is 10.5 Å². The molecule has 2 N–H and O–H groups in total. The summed E-state index contributed by atoms with van der Waals surface area (Å²) in [5.41, 5.74) is 6.97. The molecule has 0 spiro atoms. The number of benzene rings is 1. The van der Waals surface area contributed by atoms with E-state index in [1.807, 2.05) is 31.2 Å². The van der Waals surface area contributed by atoms with Crippen molar-refractivity contribution in [2.45, 2.75) is 32.2 Å². The van der Waals surface area contributed by atoms with Gasteiger partial charge < -0.3 is 10.5 Å². The average Bonchev–Trinajstić information content (AvgIpc) is 2.40. The maximum Gasteiger partial charge on any atom is 0.119 e. The van der Waals surface area contributed by atoms with Crippen molar-refractivity contribution in [2.75, 3.05) is 26.2 Å². The van der Waals surface area contributed by atoms with E-state index in [9.17, 15) is 0 Å². The Kier molecular flexibility index (Phi) is 5.02. The second-order valence-electron chi connectivity index (χ2n) is 5.11. The summed E-state index contributed by atoms with van der Waals surface area (Å²) in [7, 11) is 0. The molecular formula is C15H24N2O. The molecule has 0 unspecified atom stereocenters. The molecule has 1 aliphatic heterocycles. The third-order valence-corrected chi connectivity index (χ3v) is 3.53. The second kappa shape index (κ2) is 6.76. The van der Waals surface area contributed by atoms with E-state index in [0.29, 0.717) is 0 Å². The molecule has 1 saturated heterocycles. The smallest absolute Gasteiger partial charge is 0.119 e. The lowest BCUT2D eigenvalue weighted by atomic mass is 10.1. The van der Waals surface area contributed by atoms with Crippen LogP contribution >= 0.6 is 0 Å². The van der Waals surface area contributed by atoms with E-state index in [2.05, 4.69) is 4.90 Å². The lowest BCUT2D eigenvalue weighted by Gasteiger charge is -2.26. The SMILES string of the molecule is C[C@H](N)c1ccc(OCCN2CCCCC2)cc1. The zero-order chi connectivity index (χ0) is 12.8. The van der Waals surface area contributed by atoms with Crippen molar-refractivity contribution in [3.63, 3.8) is 0 Å². The molecule has 0 saturated carbocycles. The third-order valence-electron chi connectivity index (χ3n) is 3.53. The molecule has 0 aromatic heterocycles. The van der Waals surface area contributed by atoms with Crippen molar-refractivity contribution in [1.29, 1.82) is 0 Å². The summed E-state index contributed by atoms with van der Waals surface area (Å²) in [5, 5.41) is 0. The first kappa shape index (κ1) is 13.4. The van der Waals surface area contributed by atoms with Crippen LogP contribution in [0.5, 0.6) is 5.75 Å². The summed E-state index contributed by atoms with van der Waals surface area (Å²) in [6.45, 7) is 6.26. The van der Waals surface area contributed by atoms with Gasteiger partial charge in [-0.05, 0) is 50.6 Å². The first-order valence-corrected chi connectivity index (χ1v) is 6.96. The molecular weight excluding hydrogens is 224 g/mol. The van der Waals surface area contributed by atoms with Gasteiger partial charge in [-0.15, -0.1) is 0 Å². The fourth-order valence-electron chi connectivity index (χ4n) is 2.34. The minimum Gasteiger partial charge on any atom is -0.492 e. The predicted octanol–water partition coefficient (Wildman–Crippen LogP) is 2.57. The molecule has 1 aromatic carbocycles. The average molecular weight is 248 g/mol. The lowest BCUT2D eigenvalue weighted by molar-refractivity contribution is 0.183. The topological polar surface area (TPSA) is 38.5 Å². The molecule has 0 aliphatic carbocycles. The molecule has 1 aliphatic rings. The molecule has 1 heterocycles. The molecule has 2 rings (SSSR count). The van der Waals surface area contributed by atoms with Crippen LogP contribution in [0.15, 0.2) is 24.3 Å². The van der Waals surface area contributed by atoms with Gasteiger partial charge in [0.15, 0.2) is 0 Å². The summed E-state index contributed by atoms with van der Waals surface area (Å²) in [6, 6.07) is 8.19. The van der Waals surface area contributed by atoms with Crippen molar-refractivity contribution in [2.24, 2.45) is 5.73 Å². The van der Waals surface area contributed by atoms with Crippen molar-refractivity contribution < 1.29 is 4.74 Å². The third kappa shape index (κ3) is 4.00. The first-order valence-electron chi connectivity index (χ1n) is 6.96. The Morgan fingerprint density at radius 3 is 2.44 bits per heavy atom. The molecule has 1 aromatic rings. The van der Waals surface area contributed by atoms with Gasteiger partial charge in [0, 0.05) is 12.6 Å². The highest BCUT2D eigenvalue weighted by molar-refractivity contribution is 5.28. The van der Waals surface area contributed by atoms with Crippen LogP contribution in [-0.4, -0.2) is 31.1 Å². The Labute approximate surface area is 110 Å². The van der Waals surface area contributed by atoms with Crippen LogP contribution in [0.3, 0.4) is 0 Å². The summed E-state index contributed by atoms with van der Waals surface area (Å²) in [4.78, 5) is 2.49. The van der Waals surface area contributed by atoms with E-state index in [1.165, 1.54) is 32.4 Å². The zero-order valence-corrected chi connectivity index (χ0v) is 11.3. The number of hydrogen-bond acceptors (Lipinski definition) is 3. The summed E-state index contributed by atoms with van der Waals surface area (Å²) >= 11 is 0. The van der Waals surface area contributed by atoms with Gasteiger partial charge in [0.25, 0.3) is 0 Å². The molecule has 0 radical (unpaired) electrons. The van der Waals surface area contributed by atoms with Crippen LogP contribution in [0, 0.1) is 0 Å². The van der Waals surface area contributed by atoms with E-state index in [-0.39, 0.29) is 6.04 Å². The summed E-state index contributed by atoms with van der Waals surface area (Å²) < 4.78 is 5.76. The van der Waals surface area contributed by atoms with E-state index in [0.717, 1.165) is 24.5 Å². The number of piperidine rings is 1. The highest BCUT2D eigenvalue weighted by atomic mass is 16.5. The van der Waals surface area contributed by atoms with Crippen LogP contribution in [-0.2, 0) is 0 Å². The number of rotatable bonds is 5. The number of ether oxygens (including phenoxy) is 1. The van der Waals surface area contributed by atoms with Crippen molar-refractivity contribution >= 4 is 0 Å². The molecule has 18 heavy (non-hydrogen) atoms. The quantitative estimate of drug-likeness (QED) is 0.870. The Morgan fingerprint density at radius 1 is 1.17 bits per heavy atom. The van der Waals surface area contributed by atoms with Crippen LogP contribution in [0.4, 0.5) is 0 Å². The predicted molar refractivity (Wildman–Crippen MR) is 74.8 cm³/mol. The summed E-state index contributed by atoms with van der Waals surface area (Å²) in [5.74, 6) is 0.941. The monoisotopic (exact) mass is 248 g/mol. The van der Waals surface area contributed by atoms with Gasteiger partial charge in [-0.25, -0.2) is 0 Å². The highest BCUT2D eigenvalue weighted by Crippen LogP contribution is 2.16. The maximum absolute atomic E-state index is 5.81. The van der Waals surface area contributed by atoms with Gasteiger partial charge in [0.05, 0.1) is 0 Å². The maximum atomic E-state index is 5.81. The Bertz CT molecular complexity index is 342. The molecule has 0 amide bonds.